The highest BCUT2D eigenvalue weighted by Crippen LogP contribution is 2.25. The zero-order valence-corrected chi connectivity index (χ0v) is 13.0. The van der Waals surface area contributed by atoms with E-state index in [-0.39, 0.29) is 5.84 Å². The third-order valence-electron chi connectivity index (χ3n) is 4.28. The van der Waals surface area contributed by atoms with Gasteiger partial charge in [0.1, 0.15) is 5.75 Å². The van der Waals surface area contributed by atoms with Crippen LogP contribution in [0.2, 0.25) is 0 Å². The van der Waals surface area contributed by atoms with Gasteiger partial charge >= 0.3 is 0 Å². The van der Waals surface area contributed by atoms with Gasteiger partial charge in [-0.1, -0.05) is 18.1 Å². The van der Waals surface area contributed by atoms with E-state index >= 15 is 0 Å². The third-order valence-corrected chi connectivity index (χ3v) is 4.28. The van der Waals surface area contributed by atoms with E-state index in [0.717, 1.165) is 19.0 Å². The summed E-state index contributed by atoms with van der Waals surface area (Å²) in [5, 5.41) is 11.8. The number of hydrogen-bond donors (Lipinski definition) is 2. The molecule has 116 valence electrons. The van der Waals surface area contributed by atoms with E-state index in [1.165, 1.54) is 18.4 Å². The molecule has 0 spiro atoms. The van der Waals surface area contributed by atoms with Crippen molar-refractivity contribution in [2.75, 3.05) is 13.7 Å². The molecule has 1 heterocycles. The predicted octanol–water partition coefficient (Wildman–Crippen LogP) is 2.41. The zero-order chi connectivity index (χ0) is 15.4. The van der Waals surface area contributed by atoms with Crippen LogP contribution in [-0.2, 0) is 6.54 Å². The van der Waals surface area contributed by atoms with Gasteiger partial charge in [-0.15, -0.1) is 0 Å². The summed E-state index contributed by atoms with van der Waals surface area (Å²) in [7, 11) is 1.60. The lowest BCUT2D eigenvalue weighted by molar-refractivity contribution is 0.117. The minimum absolute atomic E-state index is 0.0679. The second kappa shape index (κ2) is 6.80. The molecule has 0 radical (unpaired) electrons. The predicted molar refractivity (Wildman–Crippen MR) is 83.8 cm³/mol. The highest BCUT2D eigenvalue weighted by atomic mass is 16.5. The summed E-state index contributed by atoms with van der Waals surface area (Å²) >= 11 is 0. The topological polar surface area (TPSA) is 71.1 Å². The molecule has 2 rings (SSSR count). The molecule has 1 saturated heterocycles. The lowest BCUT2D eigenvalue weighted by Gasteiger charge is -2.36. The second-order valence-electron chi connectivity index (χ2n) is 5.98. The largest absolute Gasteiger partial charge is 0.496 e. The number of nitrogens with two attached hydrogens (primary N) is 1. The average Bonchev–Trinajstić information content (AvgIpc) is 2.50. The van der Waals surface area contributed by atoms with Crippen molar-refractivity contribution in [3.05, 3.63) is 29.3 Å². The van der Waals surface area contributed by atoms with Crippen LogP contribution in [0.4, 0.5) is 0 Å². The van der Waals surface area contributed by atoms with Gasteiger partial charge in [0.2, 0.25) is 0 Å². The number of methoxy groups -OCH3 is 1. The van der Waals surface area contributed by atoms with Crippen LogP contribution in [0.5, 0.6) is 5.75 Å². The average molecular weight is 291 g/mol. The third kappa shape index (κ3) is 3.67. The molecule has 0 amide bonds. The van der Waals surface area contributed by atoms with Gasteiger partial charge in [0, 0.05) is 19.1 Å². The van der Waals surface area contributed by atoms with Crippen molar-refractivity contribution < 1.29 is 9.94 Å². The molecule has 2 unspecified atom stereocenters. The normalized spacial score (nSPS) is 24.0. The Kier molecular flexibility index (Phi) is 5.07. The first-order chi connectivity index (χ1) is 10.0. The van der Waals surface area contributed by atoms with Gasteiger partial charge in [0.05, 0.1) is 12.7 Å². The molecule has 0 aliphatic carbocycles. The summed E-state index contributed by atoms with van der Waals surface area (Å²) in [6, 6.07) is 6.44. The molecule has 1 aromatic carbocycles. The first-order valence-electron chi connectivity index (χ1n) is 7.44. The minimum Gasteiger partial charge on any atom is -0.496 e. The number of ether oxygens (including phenoxy) is 1. The van der Waals surface area contributed by atoms with Crippen LogP contribution >= 0.6 is 0 Å². The number of rotatable bonds is 4. The maximum Gasteiger partial charge on any atom is 0.173 e. The minimum atomic E-state index is 0.0679. The zero-order valence-electron chi connectivity index (χ0n) is 13.0. The summed E-state index contributed by atoms with van der Waals surface area (Å²) in [6.07, 6.45) is 2.56. The molecule has 1 fully saturated rings. The van der Waals surface area contributed by atoms with Crippen LogP contribution in [0.15, 0.2) is 23.4 Å². The highest BCUT2D eigenvalue weighted by Gasteiger charge is 2.23. The Morgan fingerprint density at radius 3 is 2.86 bits per heavy atom. The van der Waals surface area contributed by atoms with Crippen molar-refractivity contribution in [3.8, 4) is 5.75 Å². The number of hydrogen-bond acceptors (Lipinski definition) is 4. The molecule has 0 saturated carbocycles. The number of piperidine rings is 1. The SMILES string of the molecule is COc1cc(CN2CC(C)CCC2C)ccc1/C(N)=N/O. The van der Waals surface area contributed by atoms with Gasteiger partial charge in [0.15, 0.2) is 5.84 Å². The molecule has 0 aromatic heterocycles. The van der Waals surface area contributed by atoms with E-state index < -0.39 is 0 Å². The monoisotopic (exact) mass is 291 g/mol. The first kappa shape index (κ1) is 15.6. The van der Waals surface area contributed by atoms with Crippen LogP contribution in [0.3, 0.4) is 0 Å². The van der Waals surface area contributed by atoms with E-state index in [2.05, 4.69) is 23.9 Å². The molecule has 21 heavy (non-hydrogen) atoms. The fourth-order valence-electron chi connectivity index (χ4n) is 2.93. The number of oxime groups is 1. The fourth-order valence-corrected chi connectivity index (χ4v) is 2.93. The summed E-state index contributed by atoms with van der Waals surface area (Å²) in [4.78, 5) is 2.51. The maximum absolute atomic E-state index is 8.80. The smallest absolute Gasteiger partial charge is 0.173 e. The van der Waals surface area contributed by atoms with E-state index in [1.54, 1.807) is 7.11 Å². The summed E-state index contributed by atoms with van der Waals surface area (Å²) in [5.74, 6) is 1.46. The van der Waals surface area contributed by atoms with Crippen LogP contribution in [0, 0.1) is 5.92 Å². The van der Waals surface area contributed by atoms with Crippen molar-refractivity contribution in [1.82, 2.24) is 4.90 Å². The quantitative estimate of drug-likeness (QED) is 0.387. The van der Waals surface area contributed by atoms with E-state index in [9.17, 15) is 0 Å². The van der Waals surface area contributed by atoms with Gasteiger partial charge in [-0.05, 0) is 43.4 Å². The Labute approximate surface area is 126 Å². The number of likely N-dealkylation sites (tertiary alicyclic amines) is 1. The Morgan fingerprint density at radius 1 is 1.43 bits per heavy atom. The molecular weight excluding hydrogens is 266 g/mol. The Bertz CT molecular complexity index is 516. The van der Waals surface area contributed by atoms with Gasteiger partial charge < -0.3 is 15.7 Å². The number of amidine groups is 1. The number of benzene rings is 1. The van der Waals surface area contributed by atoms with Crippen LogP contribution in [0.25, 0.3) is 0 Å². The maximum atomic E-state index is 8.80. The fraction of sp³-hybridized carbons (Fsp3) is 0.562. The van der Waals surface area contributed by atoms with E-state index in [0.29, 0.717) is 17.4 Å². The van der Waals surface area contributed by atoms with Crippen molar-refractivity contribution in [2.45, 2.75) is 39.3 Å². The van der Waals surface area contributed by atoms with E-state index in [4.69, 9.17) is 15.7 Å². The lowest BCUT2D eigenvalue weighted by atomic mass is 9.94. The number of nitrogens with zero attached hydrogens (tertiary/aromatic N) is 2. The molecule has 2 atom stereocenters. The first-order valence-corrected chi connectivity index (χ1v) is 7.44. The van der Waals surface area contributed by atoms with Crippen LogP contribution in [0.1, 0.15) is 37.8 Å². The molecule has 3 N–H and O–H groups in total. The molecular formula is C16H25N3O2. The molecule has 0 bridgehead atoms. The van der Waals surface area contributed by atoms with Gasteiger partial charge in [-0.25, -0.2) is 0 Å². The summed E-state index contributed by atoms with van der Waals surface area (Å²) < 4.78 is 5.36. The van der Waals surface area contributed by atoms with Crippen molar-refractivity contribution in [3.63, 3.8) is 0 Å². The van der Waals surface area contributed by atoms with Crippen LogP contribution in [-0.4, -0.2) is 35.6 Å². The molecule has 5 nitrogen and oxygen atoms in total. The van der Waals surface area contributed by atoms with Crippen molar-refractivity contribution >= 4 is 5.84 Å². The van der Waals surface area contributed by atoms with E-state index in [1.807, 2.05) is 18.2 Å². The van der Waals surface area contributed by atoms with Gasteiger partial charge in [-0.2, -0.15) is 0 Å². The molecule has 5 heteroatoms. The van der Waals surface area contributed by atoms with Crippen molar-refractivity contribution in [1.29, 1.82) is 0 Å². The van der Waals surface area contributed by atoms with Gasteiger partial charge in [-0.3, -0.25) is 4.90 Å². The Hall–Kier alpha value is -1.75. The summed E-state index contributed by atoms with van der Waals surface area (Å²) in [5.41, 5.74) is 7.45. The Balaban J connectivity index is 2.17. The Morgan fingerprint density at radius 2 is 2.19 bits per heavy atom. The lowest BCUT2D eigenvalue weighted by Crippen LogP contribution is -2.40. The standard InChI is InChI=1S/C16H25N3O2/c1-11-4-5-12(2)19(9-11)10-13-6-7-14(16(17)18-20)15(8-13)21-3/h6-8,11-12,20H,4-5,9-10H2,1-3H3,(H2,17,18). The van der Waals surface area contributed by atoms with Crippen molar-refractivity contribution in [2.24, 2.45) is 16.8 Å². The highest BCUT2D eigenvalue weighted by molar-refractivity contribution is 5.99. The molecule has 1 aliphatic heterocycles. The molecule has 1 aromatic rings. The second-order valence-corrected chi connectivity index (χ2v) is 5.98. The van der Waals surface area contributed by atoms with Gasteiger partial charge in [0.25, 0.3) is 0 Å². The van der Waals surface area contributed by atoms with Crippen LogP contribution < -0.4 is 10.5 Å². The summed E-state index contributed by atoms with van der Waals surface area (Å²) in [6.45, 7) is 6.62. The molecule has 1 aliphatic rings.